The molecular formula is C12H23N5O2. The highest BCUT2D eigenvalue weighted by Gasteiger charge is 2.17. The minimum atomic E-state index is -0.0690. The van der Waals surface area contributed by atoms with Crippen LogP contribution >= 0.6 is 0 Å². The summed E-state index contributed by atoms with van der Waals surface area (Å²) in [4.78, 5) is 13.5. The van der Waals surface area contributed by atoms with E-state index in [0.29, 0.717) is 25.4 Å². The van der Waals surface area contributed by atoms with Crippen LogP contribution in [0.5, 0.6) is 0 Å². The number of likely N-dealkylation sites (N-methyl/N-ethyl adjacent to an activating group) is 1. The molecule has 0 saturated carbocycles. The molecule has 3 N–H and O–H groups in total. The normalized spacial score (nSPS) is 10.5. The SMILES string of the molecule is CCn1nc(C)c(N)c1N(C)CC(=O)NCCOC. The molecule has 7 nitrogen and oxygen atoms in total. The van der Waals surface area contributed by atoms with Gasteiger partial charge < -0.3 is 20.7 Å². The van der Waals surface area contributed by atoms with Gasteiger partial charge in [-0.05, 0) is 13.8 Å². The van der Waals surface area contributed by atoms with Crippen LogP contribution in [0.25, 0.3) is 0 Å². The second-order valence-corrected chi connectivity index (χ2v) is 4.34. The number of amides is 1. The molecule has 1 rings (SSSR count). The topological polar surface area (TPSA) is 85.4 Å². The Balaban J connectivity index is 2.67. The molecule has 108 valence electrons. The lowest BCUT2D eigenvalue weighted by atomic mass is 10.3. The number of hydrogen-bond donors (Lipinski definition) is 2. The van der Waals surface area contributed by atoms with E-state index in [0.717, 1.165) is 11.5 Å². The molecule has 0 aliphatic heterocycles. The van der Waals surface area contributed by atoms with Crippen molar-refractivity contribution in [3.63, 3.8) is 0 Å². The van der Waals surface area contributed by atoms with Gasteiger partial charge in [0.1, 0.15) is 0 Å². The molecule has 0 radical (unpaired) electrons. The number of nitrogens with one attached hydrogen (secondary N) is 1. The van der Waals surface area contributed by atoms with Crippen LogP contribution in [0.15, 0.2) is 0 Å². The lowest BCUT2D eigenvalue weighted by Crippen LogP contribution is -2.37. The molecule has 1 amide bonds. The Hall–Kier alpha value is -1.76. The number of carbonyl (C=O) groups is 1. The maximum atomic E-state index is 11.7. The molecule has 1 heterocycles. The summed E-state index contributed by atoms with van der Waals surface area (Å²) < 4.78 is 6.68. The van der Waals surface area contributed by atoms with Gasteiger partial charge in [-0.2, -0.15) is 5.10 Å². The quantitative estimate of drug-likeness (QED) is 0.680. The number of methoxy groups -OCH3 is 1. The van der Waals surface area contributed by atoms with Crippen LogP contribution in [0.2, 0.25) is 0 Å². The number of anilines is 2. The average molecular weight is 269 g/mol. The molecule has 1 aromatic rings. The van der Waals surface area contributed by atoms with Gasteiger partial charge in [-0.1, -0.05) is 0 Å². The fourth-order valence-electron chi connectivity index (χ4n) is 1.85. The van der Waals surface area contributed by atoms with Crippen LogP contribution in [0.4, 0.5) is 11.5 Å². The largest absolute Gasteiger partial charge is 0.394 e. The van der Waals surface area contributed by atoms with Gasteiger partial charge in [0, 0.05) is 27.2 Å². The third-order valence-corrected chi connectivity index (χ3v) is 2.82. The summed E-state index contributed by atoms with van der Waals surface area (Å²) in [5.74, 6) is 0.711. The molecule has 0 atom stereocenters. The Morgan fingerprint density at radius 2 is 2.26 bits per heavy atom. The van der Waals surface area contributed by atoms with E-state index in [2.05, 4.69) is 10.4 Å². The first-order chi connectivity index (χ1) is 9.01. The molecule has 0 aliphatic carbocycles. The molecule has 0 unspecified atom stereocenters. The van der Waals surface area contributed by atoms with Gasteiger partial charge in [-0.15, -0.1) is 0 Å². The van der Waals surface area contributed by atoms with Crippen LogP contribution in [-0.2, 0) is 16.1 Å². The minimum Gasteiger partial charge on any atom is -0.394 e. The Morgan fingerprint density at radius 1 is 1.58 bits per heavy atom. The zero-order valence-corrected chi connectivity index (χ0v) is 12.1. The second-order valence-electron chi connectivity index (χ2n) is 4.34. The van der Waals surface area contributed by atoms with Gasteiger partial charge in [0.25, 0.3) is 0 Å². The summed E-state index contributed by atoms with van der Waals surface area (Å²) in [5.41, 5.74) is 7.40. The number of rotatable bonds is 7. The van der Waals surface area contributed by atoms with E-state index < -0.39 is 0 Å². The van der Waals surface area contributed by atoms with Crippen LogP contribution < -0.4 is 16.0 Å². The number of nitrogen functional groups attached to an aromatic ring is 1. The van der Waals surface area contributed by atoms with E-state index in [-0.39, 0.29) is 12.5 Å². The predicted molar refractivity (Wildman–Crippen MR) is 75.2 cm³/mol. The number of nitrogens with zero attached hydrogens (tertiary/aromatic N) is 3. The highest BCUT2D eigenvalue weighted by molar-refractivity contribution is 5.82. The number of nitrogens with two attached hydrogens (primary N) is 1. The van der Waals surface area contributed by atoms with Crippen molar-refractivity contribution in [3.8, 4) is 0 Å². The van der Waals surface area contributed by atoms with Crippen LogP contribution in [0.3, 0.4) is 0 Å². The monoisotopic (exact) mass is 269 g/mol. The first-order valence-corrected chi connectivity index (χ1v) is 6.30. The van der Waals surface area contributed by atoms with E-state index >= 15 is 0 Å². The molecule has 0 bridgehead atoms. The van der Waals surface area contributed by atoms with E-state index in [1.165, 1.54) is 0 Å². The third-order valence-electron chi connectivity index (χ3n) is 2.82. The third kappa shape index (κ3) is 3.85. The highest BCUT2D eigenvalue weighted by Crippen LogP contribution is 2.25. The van der Waals surface area contributed by atoms with Crippen molar-refractivity contribution in [1.29, 1.82) is 0 Å². The number of ether oxygens (including phenoxy) is 1. The molecule has 0 fully saturated rings. The molecule has 7 heteroatoms. The highest BCUT2D eigenvalue weighted by atomic mass is 16.5. The molecule has 0 saturated heterocycles. The molecule has 1 aromatic heterocycles. The molecule has 0 aliphatic rings. The smallest absolute Gasteiger partial charge is 0.239 e. The van der Waals surface area contributed by atoms with Crippen molar-refractivity contribution >= 4 is 17.4 Å². The predicted octanol–water partition coefficient (Wildman–Crippen LogP) is -0.00758. The Labute approximate surface area is 113 Å². The summed E-state index contributed by atoms with van der Waals surface area (Å²) in [5, 5.41) is 7.10. The van der Waals surface area contributed by atoms with Crippen LogP contribution in [0.1, 0.15) is 12.6 Å². The standard InChI is InChI=1S/C12H23N5O2/c1-5-17-12(11(13)9(2)15-17)16(3)8-10(18)14-6-7-19-4/h5-8,13H2,1-4H3,(H,14,18). The fraction of sp³-hybridized carbons (Fsp3) is 0.667. The molecule has 0 spiro atoms. The maximum Gasteiger partial charge on any atom is 0.239 e. The molecular weight excluding hydrogens is 246 g/mol. The minimum absolute atomic E-state index is 0.0690. The zero-order chi connectivity index (χ0) is 14.4. The van der Waals surface area contributed by atoms with Gasteiger partial charge in [0.2, 0.25) is 5.91 Å². The number of aromatic nitrogens is 2. The number of hydrogen-bond acceptors (Lipinski definition) is 5. The van der Waals surface area contributed by atoms with Crippen molar-refractivity contribution in [3.05, 3.63) is 5.69 Å². The average Bonchev–Trinajstić information content (AvgIpc) is 2.65. The number of carbonyl (C=O) groups excluding carboxylic acids is 1. The van der Waals surface area contributed by atoms with E-state index in [1.807, 2.05) is 20.9 Å². The van der Waals surface area contributed by atoms with Crippen molar-refractivity contribution in [2.75, 3.05) is 44.5 Å². The van der Waals surface area contributed by atoms with Crippen molar-refractivity contribution in [2.24, 2.45) is 0 Å². The van der Waals surface area contributed by atoms with Crippen molar-refractivity contribution in [2.45, 2.75) is 20.4 Å². The summed E-state index contributed by atoms with van der Waals surface area (Å²) in [6.45, 7) is 5.80. The summed E-state index contributed by atoms with van der Waals surface area (Å²) in [6, 6.07) is 0. The van der Waals surface area contributed by atoms with E-state index in [9.17, 15) is 4.79 Å². The lowest BCUT2D eigenvalue weighted by Gasteiger charge is -2.20. The summed E-state index contributed by atoms with van der Waals surface area (Å²) in [6.07, 6.45) is 0. The zero-order valence-electron chi connectivity index (χ0n) is 12.1. The number of aryl methyl sites for hydroxylation is 2. The first-order valence-electron chi connectivity index (χ1n) is 6.30. The lowest BCUT2D eigenvalue weighted by molar-refractivity contribution is -0.119. The van der Waals surface area contributed by atoms with Gasteiger partial charge in [0.05, 0.1) is 24.5 Å². The molecule has 0 aromatic carbocycles. The van der Waals surface area contributed by atoms with Crippen molar-refractivity contribution < 1.29 is 9.53 Å². The van der Waals surface area contributed by atoms with Gasteiger partial charge in [-0.3, -0.25) is 4.79 Å². The van der Waals surface area contributed by atoms with Gasteiger partial charge in [-0.25, -0.2) is 4.68 Å². The second kappa shape index (κ2) is 6.98. The van der Waals surface area contributed by atoms with Gasteiger partial charge in [0.15, 0.2) is 5.82 Å². The van der Waals surface area contributed by atoms with Crippen molar-refractivity contribution in [1.82, 2.24) is 15.1 Å². The Morgan fingerprint density at radius 3 is 2.84 bits per heavy atom. The molecule has 19 heavy (non-hydrogen) atoms. The van der Waals surface area contributed by atoms with E-state index in [1.54, 1.807) is 16.7 Å². The maximum absolute atomic E-state index is 11.7. The fourth-order valence-corrected chi connectivity index (χ4v) is 1.85. The summed E-state index contributed by atoms with van der Waals surface area (Å²) >= 11 is 0. The van der Waals surface area contributed by atoms with Crippen LogP contribution in [-0.4, -0.2) is 49.5 Å². The van der Waals surface area contributed by atoms with Crippen LogP contribution in [0, 0.1) is 6.92 Å². The summed E-state index contributed by atoms with van der Waals surface area (Å²) in [7, 11) is 3.43. The first kappa shape index (κ1) is 15.3. The van der Waals surface area contributed by atoms with Gasteiger partial charge >= 0.3 is 0 Å². The Bertz CT molecular complexity index is 430. The van der Waals surface area contributed by atoms with E-state index in [4.69, 9.17) is 10.5 Å². The Kier molecular flexibility index (Phi) is 5.62.